The van der Waals surface area contributed by atoms with E-state index in [1.165, 1.54) is 5.56 Å². The molecule has 0 aliphatic rings. The van der Waals surface area contributed by atoms with Gasteiger partial charge < -0.3 is 10.6 Å². The van der Waals surface area contributed by atoms with Crippen LogP contribution in [0.25, 0.3) is 0 Å². The average molecular weight is 220 g/mol. The molecule has 16 heavy (non-hydrogen) atoms. The van der Waals surface area contributed by atoms with Crippen LogP contribution in [-0.2, 0) is 11.3 Å². The fourth-order valence-electron chi connectivity index (χ4n) is 1.43. The number of benzene rings is 1. The van der Waals surface area contributed by atoms with Gasteiger partial charge in [-0.25, -0.2) is 0 Å². The number of carbonyl (C=O) groups is 1. The van der Waals surface area contributed by atoms with E-state index < -0.39 is 0 Å². The van der Waals surface area contributed by atoms with Gasteiger partial charge in [-0.1, -0.05) is 26.0 Å². The molecule has 0 radical (unpaired) electrons. The molecule has 0 saturated carbocycles. The van der Waals surface area contributed by atoms with Gasteiger partial charge in [-0.3, -0.25) is 4.79 Å². The van der Waals surface area contributed by atoms with Gasteiger partial charge in [-0.05, 0) is 30.7 Å². The zero-order chi connectivity index (χ0) is 11.8. The van der Waals surface area contributed by atoms with Crippen molar-refractivity contribution in [1.82, 2.24) is 5.32 Å². The Bertz CT molecular complexity index is 319. The van der Waals surface area contributed by atoms with Crippen LogP contribution in [0.1, 0.15) is 32.3 Å². The number of hydrogen-bond donors (Lipinski definition) is 2. The van der Waals surface area contributed by atoms with E-state index in [4.69, 9.17) is 0 Å². The quantitative estimate of drug-likeness (QED) is 0.773. The normalized spacial score (nSPS) is 10.1. The zero-order valence-corrected chi connectivity index (χ0v) is 10.0. The first kappa shape index (κ1) is 12.7. The number of hydrogen-bond acceptors (Lipinski definition) is 2. The second-order valence-electron chi connectivity index (χ2n) is 3.78. The third kappa shape index (κ3) is 4.45. The smallest absolute Gasteiger partial charge is 0.224 e. The number of carbonyl (C=O) groups excluding carboxylic acids is 1. The summed E-state index contributed by atoms with van der Waals surface area (Å²) in [6.07, 6.45) is 1.46. The Morgan fingerprint density at radius 3 is 2.44 bits per heavy atom. The molecule has 0 atom stereocenters. The monoisotopic (exact) mass is 220 g/mol. The maximum Gasteiger partial charge on any atom is 0.224 e. The molecule has 88 valence electrons. The van der Waals surface area contributed by atoms with Crippen LogP contribution in [0.3, 0.4) is 0 Å². The highest BCUT2D eigenvalue weighted by Gasteiger charge is 2.00. The van der Waals surface area contributed by atoms with Crippen molar-refractivity contribution in [3.63, 3.8) is 0 Å². The van der Waals surface area contributed by atoms with Crippen LogP contribution < -0.4 is 10.6 Å². The van der Waals surface area contributed by atoms with E-state index in [1.54, 1.807) is 0 Å². The molecule has 1 aromatic carbocycles. The first-order valence-electron chi connectivity index (χ1n) is 5.85. The lowest BCUT2D eigenvalue weighted by Gasteiger charge is -2.06. The molecule has 0 spiro atoms. The van der Waals surface area contributed by atoms with Gasteiger partial charge in [0.25, 0.3) is 0 Å². The van der Waals surface area contributed by atoms with Crippen molar-refractivity contribution in [1.29, 1.82) is 0 Å². The van der Waals surface area contributed by atoms with Crippen molar-refractivity contribution in [3.05, 3.63) is 29.8 Å². The van der Waals surface area contributed by atoms with Gasteiger partial charge in [-0.2, -0.15) is 0 Å². The van der Waals surface area contributed by atoms with E-state index in [2.05, 4.69) is 17.6 Å². The lowest BCUT2D eigenvalue weighted by Crippen LogP contribution is -2.12. The predicted octanol–water partition coefficient (Wildman–Crippen LogP) is 2.53. The molecule has 2 N–H and O–H groups in total. The third-order valence-corrected chi connectivity index (χ3v) is 2.29. The van der Waals surface area contributed by atoms with Gasteiger partial charge in [0, 0.05) is 18.7 Å². The lowest BCUT2D eigenvalue weighted by molar-refractivity contribution is -0.116. The van der Waals surface area contributed by atoms with Crippen molar-refractivity contribution < 1.29 is 4.79 Å². The molecule has 0 unspecified atom stereocenters. The van der Waals surface area contributed by atoms with Crippen LogP contribution in [0.4, 0.5) is 5.69 Å². The van der Waals surface area contributed by atoms with Crippen molar-refractivity contribution in [2.75, 3.05) is 11.9 Å². The number of anilines is 1. The minimum atomic E-state index is 0.0851. The topological polar surface area (TPSA) is 41.1 Å². The van der Waals surface area contributed by atoms with Crippen LogP contribution in [0.15, 0.2) is 24.3 Å². The zero-order valence-electron chi connectivity index (χ0n) is 10.0. The summed E-state index contributed by atoms with van der Waals surface area (Å²) in [5.41, 5.74) is 2.11. The number of nitrogens with one attached hydrogen (secondary N) is 2. The molecule has 0 aliphatic carbocycles. The number of amides is 1. The van der Waals surface area contributed by atoms with E-state index in [-0.39, 0.29) is 5.91 Å². The minimum absolute atomic E-state index is 0.0851. The van der Waals surface area contributed by atoms with Gasteiger partial charge >= 0.3 is 0 Å². The molecule has 0 bridgehead atoms. The second-order valence-corrected chi connectivity index (χ2v) is 3.78. The Kier molecular flexibility index (Phi) is 5.57. The van der Waals surface area contributed by atoms with Crippen molar-refractivity contribution >= 4 is 11.6 Å². The standard InChI is InChI=1S/C13H20N2O/c1-3-5-13(16)15-12-8-6-11(7-9-12)10-14-4-2/h6-9,14H,3-5,10H2,1-2H3,(H,15,16). The summed E-state index contributed by atoms with van der Waals surface area (Å²) < 4.78 is 0. The Labute approximate surface area is 97.2 Å². The predicted molar refractivity (Wildman–Crippen MR) is 67.4 cm³/mol. The Hall–Kier alpha value is -1.35. The summed E-state index contributed by atoms with van der Waals surface area (Å²) in [5.74, 6) is 0.0851. The molecule has 0 saturated heterocycles. The molecule has 3 heteroatoms. The van der Waals surface area contributed by atoms with E-state index in [9.17, 15) is 4.79 Å². The van der Waals surface area contributed by atoms with E-state index >= 15 is 0 Å². The highest BCUT2D eigenvalue weighted by atomic mass is 16.1. The summed E-state index contributed by atoms with van der Waals surface area (Å²) >= 11 is 0. The van der Waals surface area contributed by atoms with Crippen molar-refractivity contribution in [3.8, 4) is 0 Å². The summed E-state index contributed by atoms with van der Waals surface area (Å²) in [6, 6.07) is 7.95. The average Bonchev–Trinajstić information content (AvgIpc) is 2.28. The van der Waals surface area contributed by atoms with E-state index in [0.29, 0.717) is 6.42 Å². The van der Waals surface area contributed by atoms with Crippen LogP contribution >= 0.6 is 0 Å². The van der Waals surface area contributed by atoms with Gasteiger partial charge in [0.15, 0.2) is 0 Å². The summed E-state index contributed by atoms with van der Waals surface area (Å²) in [6.45, 7) is 5.92. The highest BCUT2D eigenvalue weighted by Crippen LogP contribution is 2.10. The summed E-state index contributed by atoms with van der Waals surface area (Å²) in [4.78, 5) is 11.3. The van der Waals surface area contributed by atoms with Crippen LogP contribution in [-0.4, -0.2) is 12.5 Å². The largest absolute Gasteiger partial charge is 0.326 e. The van der Waals surface area contributed by atoms with E-state index in [1.807, 2.05) is 31.2 Å². The molecule has 3 nitrogen and oxygen atoms in total. The minimum Gasteiger partial charge on any atom is -0.326 e. The molecule has 0 aromatic heterocycles. The molecule has 1 rings (SSSR count). The summed E-state index contributed by atoms with van der Waals surface area (Å²) in [5, 5.41) is 6.12. The van der Waals surface area contributed by atoms with Gasteiger partial charge in [0.2, 0.25) is 5.91 Å². The molecular weight excluding hydrogens is 200 g/mol. The first-order chi connectivity index (χ1) is 7.76. The maximum absolute atomic E-state index is 11.3. The third-order valence-electron chi connectivity index (χ3n) is 2.29. The molecule has 0 heterocycles. The molecule has 1 amide bonds. The van der Waals surface area contributed by atoms with Crippen LogP contribution in [0.5, 0.6) is 0 Å². The Morgan fingerprint density at radius 1 is 1.19 bits per heavy atom. The lowest BCUT2D eigenvalue weighted by atomic mass is 10.2. The fraction of sp³-hybridized carbons (Fsp3) is 0.462. The Morgan fingerprint density at radius 2 is 1.88 bits per heavy atom. The van der Waals surface area contributed by atoms with Gasteiger partial charge in [-0.15, -0.1) is 0 Å². The molecule has 0 fully saturated rings. The van der Waals surface area contributed by atoms with Crippen LogP contribution in [0, 0.1) is 0 Å². The molecular formula is C13H20N2O. The second kappa shape index (κ2) is 7.01. The van der Waals surface area contributed by atoms with Crippen molar-refractivity contribution in [2.24, 2.45) is 0 Å². The first-order valence-corrected chi connectivity index (χ1v) is 5.85. The molecule has 0 aliphatic heterocycles. The summed E-state index contributed by atoms with van der Waals surface area (Å²) in [7, 11) is 0. The fourth-order valence-corrected chi connectivity index (χ4v) is 1.43. The maximum atomic E-state index is 11.3. The van der Waals surface area contributed by atoms with Crippen molar-refractivity contribution in [2.45, 2.75) is 33.2 Å². The van der Waals surface area contributed by atoms with E-state index in [0.717, 1.165) is 25.2 Å². The molecule has 1 aromatic rings. The van der Waals surface area contributed by atoms with Crippen LogP contribution in [0.2, 0.25) is 0 Å². The highest BCUT2D eigenvalue weighted by molar-refractivity contribution is 5.90. The SMILES string of the molecule is CCCC(=O)Nc1ccc(CNCC)cc1. The van der Waals surface area contributed by atoms with Gasteiger partial charge in [0.1, 0.15) is 0 Å². The number of rotatable bonds is 6. The van der Waals surface area contributed by atoms with Gasteiger partial charge in [0.05, 0.1) is 0 Å². The Balaban J connectivity index is 2.47.